The number of anilines is 1. The predicted molar refractivity (Wildman–Crippen MR) is 150 cm³/mol. The van der Waals surface area contributed by atoms with Gasteiger partial charge in [0.25, 0.3) is 5.91 Å². The van der Waals surface area contributed by atoms with Gasteiger partial charge in [-0.25, -0.2) is 4.98 Å². The van der Waals surface area contributed by atoms with Crippen molar-refractivity contribution in [1.29, 1.82) is 0 Å². The lowest BCUT2D eigenvalue weighted by Gasteiger charge is -2.35. The molecule has 3 atom stereocenters. The Morgan fingerprint density at radius 2 is 1.87 bits per heavy atom. The minimum atomic E-state index is -0.650. The largest absolute Gasteiger partial charge is 0.488 e. The molecule has 1 aliphatic heterocycles. The summed E-state index contributed by atoms with van der Waals surface area (Å²) < 4.78 is 6.31. The van der Waals surface area contributed by atoms with E-state index in [1.54, 1.807) is 23.3 Å². The number of rotatable bonds is 8. The highest BCUT2D eigenvalue weighted by Gasteiger charge is 2.46. The molecule has 5 rings (SSSR count). The molecule has 1 aromatic heterocycles. The van der Waals surface area contributed by atoms with Crippen molar-refractivity contribution in [3.8, 4) is 17.0 Å². The van der Waals surface area contributed by atoms with Crippen LogP contribution in [-0.4, -0.2) is 53.5 Å². The zero-order valence-corrected chi connectivity index (χ0v) is 23.3. The molecule has 2 bridgehead atoms. The normalized spacial score (nSPS) is 20.4. The van der Waals surface area contributed by atoms with Crippen LogP contribution >= 0.6 is 11.3 Å². The Labute approximate surface area is 228 Å². The summed E-state index contributed by atoms with van der Waals surface area (Å²) in [5, 5.41) is 12.7. The van der Waals surface area contributed by atoms with Gasteiger partial charge >= 0.3 is 5.97 Å². The Morgan fingerprint density at radius 3 is 2.53 bits per heavy atom. The molecule has 1 saturated heterocycles. The monoisotopic (exact) mass is 533 g/mol. The summed E-state index contributed by atoms with van der Waals surface area (Å²) in [6.07, 6.45) is 1.96. The zero-order valence-electron chi connectivity index (χ0n) is 22.4. The molecule has 3 aromatic rings. The second-order valence-electron chi connectivity index (χ2n) is 10.6. The van der Waals surface area contributed by atoms with Gasteiger partial charge in [0.05, 0.1) is 11.6 Å². The van der Waals surface area contributed by atoms with Crippen LogP contribution < -0.4 is 9.64 Å². The molecule has 2 heterocycles. The average Bonchev–Trinajstić information content (AvgIpc) is 3.50. The number of hydrogen-bond donors (Lipinski definition) is 1. The van der Waals surface area contributed by atoms with Crippen LogP contribution in [0.5, 0.6) is 5.75 Å². The number of fused-ring (bicyclic) bond motifs is 2. The molecule has 1 amide bonds. The van der Waals surface area contributed by atoms with E-state index >= 15 is 0 Å². The molecule has 2 aromatic carbocycles. The number of piperidine rings is 1. The minimum Gasteiger partial charge on any atom is -0.488 e. The van der Waals surface area contributed by atoms with Gasteiger partial charge in [-0.05, 0) is 80.8 Å². The number of thiazole rings is 1. The number of hydrogen-bond acceptors (Lipinski definition) is 6. The number of benzene rings is 2. The number of amides is 1. The molecule has 1 aliphatic carbocycles. The number of carbonyl (C=O) groups is 2. The average molecular weight is 534 g/mol. The number of carboxylic acid groups (broad SMARTS) is 1. The van der Waals surface area contributed by atoms with E-state index < -0.39 is 5.97 Å². The third-order valence-corrected chi connectivity index (χ3v) is 8.99. The van der Waals surface area contributed by atoms with Crippen LogP contribution in [0.2, 0.25) is 0 Å². The topological polar surface area (TPSA) is 83.0 Å². The summed E-state index contributed by atoms with van der Waals surface area (Å²) in [6.45, 7) is 8.59. The van der Waals surface area contributed by atoms with Crippen molar-refractivity contribution in [2.24, 2.45) is 17.8 Å². The van der Waals surface area contributed by atoms with E-state index in [1.165, 1.54) is 0 Å². The van der Waals surface area contributed by atoms with Crippen LogP contribution in [0, 0.1) is 31.6 Å². The van der Waals surface area contributed by atoms with Crippen LogP contribution in [0.3, 0.4) is 0 Å². The molecule has 1 unspecified atom stereocenters. The quantitative estimate of drug-likeness (QED) is 0.403. The Bertz CT molecular complexity index is 1340. The highest BCUT2D eigenvalue weighted by atomic mass is 32.1. The Hall–Kier alpha value is -3.39. The minimum absolute atomic E-state index is 0.0171. The maximum Gasteiger partial charge on any atom is 0.307 e. The van der Waals surface area contributed by atoms with Gasteiger partial charge < -0.3 is 19.6 Å². The van der Waals surface area contributed by atoms with Crippen molar-refractivity contribution >= 4 is 28.3 Å². The predicted octanol–water partition coefficient (Wildman–Crippen LogP) is 5.64. The van der Waals surface area contributed by atoms with Crippen LogP contribution in [0.15, 0.2) is 41.8 Å². The SMILES string of the molecule is CCN(C)C(=O)c1ccc(COc2ccc(C)cc2-c2csc(N3C[C@H]4CC[C@@H](C3)C4C(=O)O)n2)c(C)c1. The van der Waals surface area contributed by atoms with Gasteiger partial charge in [0, 0.05) is 43.2 Å². The standard InChI is InChI=1S/C30H35N3O4S/c1-5-32(4)28(34)20-7-10-23(19(3)13-20)16-37-26-11-6-18(2)12-24(26)25-17-38-30(31-25)33-14-21-8-9-22(15-33)27(21)29(35)36/h6-7,10-13,17,21-22,27H,5,8-9,14-16H2,1-4H3,(H,35,36)/t21-,22+,27?. The van der Waals surface area contributed by atoms with Crippen molar-refractivity contribution in [3.05, 3.63) is 64.0 Å². The van der Waals surface area contributed by atoms with Gasteiger partial charge in [0.15, 0.2) is 5.13 Å². The summed E-state index contributed by atoms with van der Waals surface area (Å²) in [6, 6.07) is 11.9. The maximum atomic E-state index is 12.5. The van der Waals surface area contributed by atoms with Crippen LogP contribution in [0.25, 0.3) is 11.3 Å². The summed E-state index contributed by atoms with van der Waals surface area (Å²) >= 11 is 1.61. The molecule has 2 fully saturated rings. The third kappa shape index (κ3) is 5.14. The lowest BCUT2D eigenvalue weighted by atomic mass is 9.85. The first-order valence-electron chi connectivity index (χ1n) is 13.3. The number of nitrogens with zero attached hydrogens (tertiary/aromatic N) is 3. The van der Waals surface area contributed by atoms with Crippen molar-refractivity contribution in [2.45, 2.75) is 40.2 Å². The van der Waals surface area contributed by atoms with Gasteiger partial charge in [0.2, 0.25) is 0 Å². The molecular weight excluding hydrogens is 498 g/mol. The van der Waals surface area contributed by atoms with Crippen LogP contribution in [0.1, 0.15) is 46.8 Å². The van der Waals surface area contributed by atoms with E-state index in [4.69, 9.17) is 9.72 Å². The Morgan fingerprint density at radius 1 is 1.13 bits per heavy atom. The van der Waals surface area contributed by atoms with Gasteiger partial charge in [-0.3, -0.25) is 9.59 Å². The van der Waals surface area contributed by atoms with Crippen LogP contribution in [0.4, 0.5) is 5.13 Å². The van der Waals surface area contributed by atoms with E-state index in [9.17, 15) is 14.7 Å². The van der Waals surface area contributed by atoms with E-state index in [-0.39, 0.29) is 23.7 Å². The van der Waals surface area contributed by atoms with E-state index in [0.29, 0.717) is 18.7 Å². The highest BCUT2D eigenvalue weighted by molar-refractivity contribution is 7.14. The summed E-state index contributed by atoms with van der Waals surface area (Å²) in [5.74, 6) is 0.312. The van der Waals surface area contributed by atoms with E-state index in [0.717, 1.165) is 64.8 Å². The van der Waals surface area contributed by atoms with Gasteiger partial charge in [-0.2, -0.15) is 0 Å². The van der Waals surface area contributed by atoms with E-state index in [2.05, 4.69) is 23.3 Å². The van der Waals surface area contributed by atoms with E-state index in [1.807, 2.05) is 44.2 Å². The van der Waals surface area contributed by atoms with Crippen molar-refractivity contribution in [2.75, 3.05) is 31.6 Å². The first-order valence-corrected chi connectivity index (χ1v) is 14.1. The summed E-state index contributed by atoms with van der Waals surface area (Å²) in [7, 11) is 1.81. The number of aliphatic carboxylic acids is 1. The molecule has 7 nitrogen and oxygen atoms in total. The fourth-order valence-electron chi connectivity index (χ4n) is 5.80. The molecule has 8 heteroatoms. The first kappa shape index (κ1) is 26.2. The van der Waals surface area contributed by atoms with Crippen molar-refractivity contribution in [3.63, 3.8) is 0 Å². The van der Waals surface area contributed by atoms with Crippen molar-refractivity contribution in [1.82, 2.24) is 9.88 Å². The van der Waals surface area contributed by atoms with Crippen LogP contribution in [-0.2, 0) is 11.4 Å². The second kappa shape index (κ2) is 10.8. The zero-order chi connectivity index (χ0) is 27.0. The molecule has 1 saturated carbocycles. The Balaban J connectivity index is 1.32. The molecular formula is C30H35N3O4S. The molecule has 2 aliphatic rings. The fourth-order valence-corrected chi connectivity index (χ4v) is 6.64. The van der Waals surface area contributed by atoms with Crippen molar-refractivity contribution < 1.29 is 19.4 Å². The lowest BCUT2D eigenvalue weighted by molar-refractivity contribution is -0.144. The fraction of sp³-hybridized carbons (Fsp3) is 0.433. The highest BCUT2D eigenvalue weighted by Crippen LogP contribution is 2.44. The third-order valence-electron chi connectivity index (χ3n) is 8.09. The lowest BCUT2D eigenvalue weighted by Crippen LogP contribution is -2.44. The summed E-state index contributed by atoms with van der Waals surface area (Å²) in [5.41, 5.74) is 5.68. The number of aryl methyl sites for hydroxylation is 2. The molecule has 1 N–H and O–H groups in total. The second-order valence-corrected chi connectivity index (χ2v) is 11.5. The van der Waals surface area contributed by atoms with Gasteiger partial charge in [0.1, 0.15) is 12.4 Å². The Kier molecular flexibility index (Phi) is 7.43. The molecule has 0 spiro atoms. The number of ether oxygens (including phenoxy) is 1. The van der Waals surface area contributed by atoms with Gasteiger partial charge in [-0.15, -0.1) is 11.3 Å². The maximum absolute atomic E-state index is 12.5. The smallest absolute Gasteiger partial charge is 0.307 e. The summed E-state index contributed by atoms with van der Waals surface area (Å²) in [4.78, 5) is 33.2. The number of carbonyl (C=O) groups excluding carboxylic acids is 1. The number of carboxylic acids is 1. The first-order chi connectivity index (χ1) is 18.2. The van der Waals surface area contributed by atoms with Gasteiger partial charge in [-0.1, -0.05) is 17.7 Å². The number of aromatic nitrogens is 1. The molecule has 0 radical (unpaired) electrons. The molecule has 38 heavy (non-hydrogen) atoms. The molecule has 200 valence electrons.